The zero-order valence-corrected chi connectivity index (χ0v) is 21.3. The fourth-order valence-electron chi connectivity index (χ4n) is 4.74. The smallest absolute Gasteiger partial charge is 0.299 e. The van der Waals surface area contributed by atoms with Crippen molar-refractivity contribution in [2.75, 3.05) is 6.67 Å². The molecule has 0 saturated heterocycles. The van der Waals surface area contributed by atoms with E-state index >= 15 is 0 Å². The number of ketones is 1. The van der Waals surface area contributed by atoms with Crippen LogP contribution in [0.1, 0.15) is 63.0 Å². The number of nitrogens with one attached hydrogen (secondary N) is 1. The third-order valence-corrected chi connectivity index (χ3v) is 7.54. The van der Waals surface area contributed by atoms with Crippen molar-refractivity contribution < 1.29 is 9.18 Å². The monoisotopic (exact) mass is 515 g/mol. The Labute approximate surface area is 214 Å². The van der Waals surface area contributed by atoms with Gasteiger partial charge in [-0.1, -0.05) is 56.0 Å². The summed E-state index contributed by atoms with van der Waals surface area (Å²) in [5, 5.41) is 1.06. The molecule has 0 spiro atoms. The summed E-state index contributed by atoms with van der Waals surface area (Å²) in [7, 11) is 0. The van der Waals surface area contributed by atoms with E-state index in [0.29, 0.717) is 40.4 Å². The molecule has 8 heteroatoms. The Bertz CT molecular complexity index is 1300. The molecule has 3 aromatic rings. The van der Waals surface area contributed by atoms with Crippen molar-refractivity contribution in [1.82, 2.24) is 15.0 Å². The van der Waals surface area contributed by atoms with Crippen LogP contribution in [0.3, 0.4) is 0 Å². The predicted octanol–water partition coefficient (Wildman–Crippen LogP) is 6.96. The van der Waals surface area contributed by atoms with Crippen LogP contribution in [0, 0.1) is 5.41 Å². The Morgan fingerprint density at radius 2 is 1.80 bits per heavy atom. The minimum absolute atomic E-state index is 0.0181. The molecule has 2 aromatic carbocycles. The van der Waals surface area contributed by atoms with Crippen LogP contribution in [-0.2, 0) is 11.2 Å². The van der Waals surface area contributed by atoms with Crippen LogP contribution in [-0.4, -0.2) is 27.4 Å². The van der Waals surface area contributed by atoms with Crippen LogP contribution >= 0.6 is 23.2 Å². The summed E-state index contributed by atoms with van der Waals surface area (Å²) < 4.78 is 13.7. The topological polar surface area (TPSA) is 75.7 Å². The van der Waals surface area contributed by atoms with Crippen molar-refractivity contribution in [3.8, 4) is 22.8 Å². The van der Waals surface area contributed by atoms with E-state index in [9.17, 15) is 14.0 Å². The molecule has 184 valence electrons. The Morgan fingerprint density at radius 1 is 1.09 bits per heavy atom. The highest BCUT2D eigenvalue weighted by Crippen LogP contribution is 2.40. The second kappa shape index (κ2) is 10.6. The van der Waals surface area contributed by atoms with Gasteiger partial charge < -0.3 is 0 Å². The first kappa shape index (κ1) is 25.5. The lowest BCUT2D eigenvalue weighted by atomic mass is 9.80. The number of aromatic amines is 1. The number of hydrogen-bond donors (Lipinski definition) is 1. The van der Waals surface area contributed by atoms with Gasteiger partial charge in [0.05, 0.1) is 10.4 Å². The van der Waals surface area contributed by atoms with Crippen LogP contribution in [0.5, 0.6) is 0 Å². The SMILES string of the molecule is CC(C)c1cc(-c2nc(-c3cc(CCC(=O)C4(CF)CCCC4)ccc3Cl)[nH]c(=O)n2)ccc1Cl. The minimum Gasteiger partial charge on any atom is -0.299 e. The molecular formula is C27H28Cl2FN3O2. The summed E-state index contributed by atoms with van der Waals surface area (Å²) in [5.41, 5.74) is 1.66. The first-order valence-corrected chi connectivity index (χ1v) is 12.6. The lowest BCUT2D eigenvalue weighted by Gasteiger charge is -2.23. The number of Topliss-reactive ketones (excluding diaryl/α,β-unsaturated/α-hetero) is 1. The number of nitrogens with zero attached hydrogens (tertiary/aromatic N) is 2. The van der Waals surface area contributed by atoms with Gasteiger partial charge in [0.15, 0.2) is 5.82 Å². The van der Waals surface area contributed by atoms with Gasteiger partial charge in [0.2, 0.25) is 0 Å². The first-order chi connectivity index (χ1) is 16.7. The summed E-state index contributed by atoms with van der Waals surface area (Å²) in [6.45, 7) is 3.48. The molecule has 0 aliphatic heterocycles. The second-order valence-corrected chi connectivity index (χ2v) is 10.4. The van der Waals surface area contributed by atoms with Gasteiger partial charge >= 0.3 is 5.69 Å². The van der Waals surface area contributed by atoms with Gasteiger partial charge in [-0.3, -0.25) is 14.2 Å². The zero-order chi connectivity index (χ0) is 25.2. The number of carbonyl (C=O) groups is 1. The molecule has 1 aromatic heterocycles. The van der Waals surface area contributed by atoms with Gasteiger partial charge in [0, 0.05) is 22.6 Å². The molecule has 0 bridgehead atoms. The lowest BCUT2D eigenvalue weighted by molar-refractivity contribution is -0.129. The van der Waals surface area contributed by atoms with E-state index in [-0.39, 0.29) is 29.8 Å². The molecule has 1 aliphatic carbocycles. The van der Waals surface area contributed by atoms with Gasteiger partial charge in [-0.25, -0.2) is 9.78 Å². The first-order valence-electron chi connectivity index (χ1n) is 11.9. The van der Waals surface area contributed by atoms with Crippen LogP contribution in [0.15, 0.2) is 41.2 Å². The number of hydrogen-bond acceptors (Lipinski definition) is 4. The van der Waals surface area contributed by atoms with E-state index in [0.717, 1.165) is 24.0 Å². The molecule has 1 saturated carbocycles. The number of carbonyl (C=O) groups excluding carboxylic acids is 1. The maximum atomic E-state index is 13.7. The Balaban J connectivity index is 1.63. The van der Waals surface area contributed by atoms with Crippen LogP contribution in [0.25, 0.3) is 22.8 Å². The molecule has 0 amide bonds. The van der Waals surface area contributed by atoms with E-state index in [2.05, 4.69) is 15.0 Å². The molecule has 0 unspecified atom stereocenters. The fourth-order valence-corrected chi connectivity index (χ4v) is 5.28. The molecule has 1 aliphatic rings. The normalized spacial score (nSPS) is 15.0. The standard InChI is InChI=1S/C27H28Cl2FN3O2/c1-16(2)19-14-18(7-9-21(19)28)24-31-25(33-26(35)32-24)20-13-17(5-8-22(20)29)6-10-23(34)27(15-30)11-3-4-12-27/h5,7-9,13-14,16H,3-4,6,10-12,15H2,1-2H3,(H,31,32,33,35). The average molecular weight is 516 g/mol. The Kier molecular flexibility index (Phi) is 7.72. The molecule has 1 heterocycles. The zero-order valence-electron chi connectivity index (χ0n) is 19.8. The molecule has 4 rings (SSSR count). The maximum Gasteiger partial charge on any atom is 0.348 e. The van der Waals surface area contributed by atoms with E-state index in [4.69, 9.17) is 23.2 Å². The highest BCUT2D eigenvalue weighted by atomic mass is 35.5. The number of rotatable bonds is 8. The van der Waals surface area contributed by atoms with Gasteiger partial charge in [-0.2, -0.15) is 4.98 Å². The number of halogens is 3. The van der Waals surface area contributed by atoms with Crippen molar-refractivity contribution in [2.45, 2.75) is 58.3 Å². The molecule has 1 N–H and O–H groups in total. The Hall–Kier alpha value is -2.57. The summed E-state index contributed by atoms with van der Waals surface area (Å²) in [5.74, 6) is 0.731. The molecule has 1 fully saturated rings. The fraction of sp³-hybridized carbons (Fsp3) is 0.407. The highest BCUT2D eigenvalue weighted by Gasteiger charge is 2.40. The third-order valence-electron chi connectivity index (χ3n) is 6.86. The van der Waals surface area contributed by atoms with Crippen LogP contribution in [0.2, 0.25) is 10.0 Å². The van der Waals surface area contributed by atoms with Crippen molar-refractivity contribution in [2.24, 2.45) is 5.41 Å². The summed E-state index contributed by atoms with van der Waals surface area (Å²) >= 11 is 12.8. The third kappa shape index (κ3) is 5.49. The molecule has 5 nitrogen and oxygen atoms in total. The predicted molar refractivity (Wildman–Crippen MR) is 138 cm³/mol. The molecule has 0 radical (unpaired) electrons. The van der Waals surface area contributed by atoms with E-state index in [1.54, 1.807) is 18.2 Å². The number of alkyl halides is 1. The molecule has 0 atom stereocenters. The number of aromatic nitrogens is 3. The van der Waals surface area contributed by atoms with Crippen molar-refractivity contribution >= 4 is 29.0 Å². The number of H-pyrrole nitrogens is 1. The van der Waals surface area contributed by atoms with Crippen LogP contribution in [0.4, 0.5) is 4.39 Å². The van der Waals surface area contributed by atoms with E-state index < -0.39 is 17.8 Å². The average Bonchev–Trinajstić information content (AvgIpc) is 3.33. The molecule has 35 heavy (non-hydrogen) atoms. The number of benzene rings is 2. The summed E-state index contributed by atoms with van der Waals surface area (Å²) in [6.07, 6.45) is 3.78. The van der Waals surface area contributed by atoms with E-state index in [1.807, 2.05) is 32.0 Å². The van der Waals surface area contributed by atoms with Crippen molar-refractivity contribution in [1.29, 1.82) is 0 Å². The van der Waals surface area contributed by atoms with Crippen molar-refractivity contribution in [3.05, 3.63) is 68.1 Å². The summed E-state index contributed by atoms with van der Waals surface area (Å²) in [4.78, 5) is 36.5. The highest BCUT2D eigenvalue weighted by molar-refractivity contribution is 6.33. The largest absolute Gasteiger partial charge is 0.348 e. The summed E-state index contributed by atoms with van der Waals surface area (Å²) in [6, 6.07) is 10.8. The Morgan fingerprint density at radius 3 is 2.49 bits per heavy atom. The lowest BCUT2D eigenvalue weighted by Crippen LogP contribution is -2.30. The van der Waals surface area contributed by atoms with Gasteiger partial charge in [0.25, 0.3) is 0 Å². The van der Waals surface area contributed by atoms with Gasteiger partial charge in [-0.15, -0.1) is 0 Å². The van der Waals surface area contributed by atoms with Crippen molar-refractivity contribution in [3.63, 3.8) is 0 Å². The van der Waals surface area contributed by atoms with Crippen LogP contribution < -0.4 is 5.69 Å². The minimum atomic E-state index is -0.810. The number of aryl methyl sites for hydroxylation is 1. The van der Waals surface area contributed by atoms with Gasteiger partial charge in [-0.05, 0) is 66.6 Å². The van der Waals surface area contributed by atoms with Gasteiger partial charge in [0.1, 0.15) is 18.3 Å². The second-order valence-electron chi connectivity index (χ2n) is 9.58. The quantitative estimate of drug-likeness (QED) is 0.351. The molecular weight excluding hydrogens is 488 g/mol. The maximum absolute atomic E-state index is 13.7. The van der Waals surface area contributed by atoms with E-state index in [1.165, 1.54) is 0 Å².